The maximum Gasteiger partial charge on any atom is 0.171 e. The zero-order valence-electron chi connectivity index (χ0n) is 6.58. The number of benzene rings is 1. The molecule has 0 atom stereocenters. The number of fused-ring (bicyclic) bond motifs is 1. The van der Waals surface area contributed by atoms with Crippen molar-refractivity contribution in [3.63, 3.8) is 0 Å². The van der Waals surface area contributed by atoms with Crippen molar-refractivity contribution in [3.05, 3.63) is 30.1 Å². The Balaban J connectivity index is 2.73. The first-order valence-corrected chi connectivity index (χ1v) is 4.89. The van der Waals surface area contributed by atoms with Crippen molar-refractivity contribution in [2.75, 3.05) is 0 Å². The smallest absolute Gasteiger partial charge is 0.171 e. The van der Waals surface area contributed by atoms with Gasteiger partial charge in [-0.1, -0.05) is 12.1 Å². The van der Waals surface area contributed by atoms with Crippen molar-refractivity contribution < 1.29 is 3.89 Å². The van der Waals surface area contributed by atoms with E-state index < -0.39 is 0 Å². The molecule has 0 radical (unpaired) electrons. The van der Waals surface area contributed by atoms with E-state index >= 15 is 0 Å². The standard InChI is InChI=1S/C8H6ClFN2S/c9-5-8-11-6-3-1-2-4-7(6)12(8)13-10/h1-4H,5H2. The molecule has 0 aliphatic rings. The normalized spacial score (nSPS) is 10.9. The van der Waals surface area contributed by atoms with Crippen molar-refractivity contribution in [1.29, 1.82) is 0 Å². The summed E-state index contributed by atoms with van der Waals surface area (Å²) in [7, 11) is 0. The van der Waals surface area contributed by atoms with Crippen molar-refractivity contribution in [2.45, 2.75) is 5.88 Å². The van der Waals surface area contributed by atoms with E-state index in [4.69, 9.17) is 11.6 Å². The van der Waals surface area contributed by atoms with Crippen LogP contribution >= 0.6 is 23.9 Å². The molecule has 13 heavy (non-hydrogen) atoms. The predicted molar refractivity (Wildman–Crippen MR) is 53.4 cm³/mol. The Hall–Kier alpha value is -0.740. The molecule has 1 heterocycles. The molecule has 2 nitrogen and oxygen atoms in total. The second-order valence-electron chi connectivity index (χ2n) is 2.51. The molecule has 1 aromatic carbocycles. The monoisotopic (exact) mass is 216 g/mol. The molecular weight excluding hydrogens is 211 g/mol. The zero-order valence-corrected chi connectivity index (χ0v) is 8.15. The van der Waals surface area contributed by atoms with Gasteiger partial charge in [0.15, 0.2) is 12.3 Å². The highest BCUT2D eigenvalue weighted by atomic mass is 35.5. The predicted octanol–water partition coefficient (Wildman–Crippen LogP) is 3.16. The summed E-state index contributed by atoms with van der Waals surface area (Å²) in [6.45, 7) is 0. The topological polar surface area (TPSA) is 17.8 Å². The fourth-order valence-electron chi connectivity index (χ4n) is 1.22. The molecule has 0 amide bonds. The number of hydrogen-bond acceptors (Lipinski definition) is 2. The highest BCUT2D eigenvalue weighted by Gasteiger charge is 2.09. The summed E-state index contributed by atoms with van der Waals surface area (Å²) in [6, 6.07) is 7.35. The molecule has 0 aliphatic heterocycles. The van der Waals surface area contributed by atoms with Crippen LogP contribution in [0.15, 0.2) is 24.3 Å². The molecule has 0 saturated carbocycles. The maximum atomic E-state index is 12.5. The molecule has 0 fully saturated rings. The van der Waals surface area contributed by atoms with Crippen molar-refractivity contribution in [3.8, 4) is 0 Å². The van der Waals surface area contributed by atoms with E-state index in [9.17, 15) is 3.89 Å². The van der Waals surface area contributed by atoms with Crippen LogP contribution in [-0.4, -0.2) is 8.96 Å². The Morgan fingerprint density at radius 2 is 2.23 bits per heavy atom. The molecule has 5 heteroatoms. The van der Waals surface area contributed by atoms with Crippen LogP contribution in [0.25, 0.3) is 11.0 Å². The molecular formula is C8H6ClFN2S. The Kier molecular flexibility index (Phi) is 2.42. The summed E-state index contributed by atoms with van der Waals surface area (Å²) >= 11 is 5.74. The van der Waals surface area contributed by atoms with E-state index in [1.165, 1.54) is 3.97 Å². The summed E-state index contributed by atoms with van der Waals surface area (Å²) < 4.78 is 13.9. The number of halogens is 2. The minimum Gasteiger partial charge on any atom is -0.241 e. The van der Waals surface area contributed by atoms with E-state index in [1.807, 2.05) is 24.3 Å². The molecule has 0 bridgehead atoms. The molecule has 0 aliphatic carbocycles. The van der Waals surface area contributed by atoms with Gasteiger partial charge < -0.3 is 0 Å². The third kappa shape index (κ3) is 1.40. The largest absolute Gasteiger partial charge is 0.241 e. The van der Waals surface area contributed by atoms with Crippen LogP contribution in [0.2, 0.25) is 0 Å². The Labute approximate surface area is 84.1 Å². The molecule has 0 saturated heterocycles. The average Bonchev–Trinajstić information content (AvgIpc) is 2.55. The van der Waals surface area contributed by atoms with E-state index in [1.54, 1.807) is 0 Å². The zero-order chi connectivity index (χ0) is 9.26. The number of alkyl halides is 1. The molecule has 2 rings (SSSR count). The summed E-state index contributed by atoms with van der Waals surface area (Å²) in [6.07, 6.45) is 0. The number of rotatable bonds is 2. The summed E-state index contributed by atoms with van der Waals surface area (Å²) in [5.74, 6) is 0.751. The van der Waals surface area contributed by atoms with Crippen LogP contribution in [0.3, 0.4) is 0 Å². The van der Waals surface area contributed by atoms with E-state index in [2.05, 4.69) is 4.98 Å². The number of nitrogens with zero attached hydrogens (tertiary/aromatic N) is 2. The van der Waals surface area contributed by atoms with Crippen LogP contribution in [0, 0.1) is 0 Å². The van der Waals surface area contributed by atoms with Gasteiger partial charge in [0, 0.05) is 0 Å². The SMILES string of the molecule is FSn1c(CCl)nc2ccccc21. The Morgan fingerprint density at radius 3 is 2.92 bits per heavy atom. The van der Waals surface area contributed by atoms with Crippen LogP contribution in [0.1, 0.15) is 5.82 Å². The lowest BCUT2D eigenvalue weighted by atomic mass is 10.3. The fourth-order valence-corrected chi connectivity index (χ4v) is 1.88. The lowest BCUT2D eigenvalue weighted by molar-refractivity contribution is 0.908. The second-order valence-corrected chi connectivity index (χ2v) is 3.28. The van der Waals surface area contributed by atoms with Crippen molar-refractivity contribution in [2.24, 2.45) is 0 Å². The number of aromatic nitrogens is 2. The lowest BCUT2D eigenvalue weighted by Crippen LogP contribution is -1.89. The highest BCUT2D eigenvalue weighted by molar-refractivity contribution is 7.92. The van der Waals surface area contributed by atoms with Gasteiger partial charge in [0.2, 0.25) is 0 Å². The van der Waals surface area contributed by atoms with Crippen molar-refractivity contribution in [1.82, 2.24) is 8.96 Å². The highest BCUT2D eigenvalue weighted by Crippen LogP contribution is 2.23. The van der Waals surface area contributed by atoms with Crippen LogP contribution in [-0.2, 0) is 5.88 Å². The van der Waals surface area contributed by atoms with E-state index in [0.29, 0.717) is 5.82 Å². The maximum absolute atomic E-state index is 12.5. The van der Waals surface area contributed by atoms with Gasteiger partial charge in [0.25, 0.3) is 0 Å². The quantitative estimate of drug-likeness (QED) is 0.718. The first kappa shape index (κ1) is 8.84. The number of hydrogen-bond donors (Lipinski definition) is 0. The van der Waals surface area contributed by atoms with Gasteiger partial charge in [-0.3, -0.25) is 0 Å². The summed E-state index contributed by atoms with van der Waals surface area (Å²) in [4.78, 5) is 4.17. The summed E-state index contributed by atoms with van der Waals surface area (Å²) in [5.41, 5.74) is 1.52. The van der Waals surface area contributed by atoms with Crippen molar-refractivity contribution >= 4 is 35.0 Å². The van der Waals surface area contributed by atoms with Gasteiger partial charge in [-0.15, -0.1) is 15.5 Å². The summed E-state index contributed by atoms with van der Waals surface area (Å²) in [5, 5.41) is 0. The Bertz CT molecular complexity index is 429. The minimum absolute atomic E-state index is 0.126. The third-order valence-electron chi connectivity index (χ3n) is 1.77. The molecule has 2 aromatic rings. The molecule has 68 valence electrons. The van der Waals surface area contributed by atoms with Crippen LogP contribution in [0.4, 0.5) is 3.89 Å². The van der Waals surface area contributed by atoms with E-state index in [0.717, 1.165) is 11.0 Å². The van der Waals surface area contributed by atoms with Gasteiger partial charge in [-0.2, -0.15) is 0 Å². The van der Waals surface area contributed by atoms with Crippen LogP contribution in [0.5, 0.6) is 0 Å². The first-order valence-electron chi connectivity index (χ1n) is 3.68. The molecule has 0 unspecified atom stereocenters. The Morgan fingerprint density at radius 1 is 1.46 bits per heavy atom. The fraction of sp³-hybridized carbons (Fsp3) is 0.125. The molecule has 1 aromatic heterocycles. The van der Waals surface area contributed by atoms with Gasteiger partial charge >= 0.3 is 0 Å². The average molecular weight is 217 g/mol. The lowest BCUT2D eigenvalue weighted by Gasteiger charge is -1.96. The third-order valence-corrected chi connectivity index (χ3v) is 2.56. The second kappa shape index (κ2) is 3.55. The van der Waals surface area contributed by atoms with E-state index in [-0.39, 0.29) is 18.2 Å². The molecule has 0 N–H and O–H groups in total. The van der Waals surface area contributed by atoms with Gasteiger partial charge in [-0.05, 0) is 12.1 Å². The number of imidazole rings is 1. The first-order chi connectivity index (χ1) is 6.36. The minimum atomic E-state index is 0.126. The van der Waals surface area contributed by atoms with Crippen LogP contribution < -0.4 is 0 Å². The van der Waals surface area contributed by atoms with Gasteiger partial charge in [-0.25, -0.2) is 8.96 Å². The van der Waals surface area contributed by atoms with Gasteiger partial charge in [0.1, 0.15) is 5.82 Å². The van der Waals surface area contributed by atoms with Gasteiger partial charge in [0.05, 0.1) is 16.9 Å². The molecule has 0 spiro atoms. The number of para-hydroxylation sites is 2.